The molecule has 1 aliphatic rings. The minimum Gasteiger partial charge on any atom is -0.478 e. The van der Waals surface area contributed by atoms with Gasteiger partial charge in [-0.1, -0.05) is 12.1 Å². The Bertz CT molecular complexity index is 1220. The summed E-state index contributed by atoms with van der Waals surface area (Å²) in [5.41, 5.74) is 1.16. The SMILES string of the molecule is CS(=O)(=O)Oc1ccc2c(ccn2CCCCc2ccc(OC3(C(=O)O)CCCC3)cc2)c1. The number of aryl methyl sites for hydroxylation is 2. The molecule has 0 spiro atoms. The van der Waals surface area contributed by atoms with Crippen LogP contribution in [0.25, 0.3) is 10.9 Å². The van der Waals surface area contributed by atoms with Gasteiger partial charge < -0.3 is 18.6 Å². The van der Waals surface area contributed by atoms with Crippen LogP contribution in [-0.4, -0.2) is 35.9 Å². The second-order valence-corrected chi connectivity index (χ2v) is 10.3. The van der Waals surface area contributed by atoms with Crippen LogP contribution in [0.15, 0.2) is 54.7 Å². The predicted octanol–water partition coefficient (Wildman–Crippen LogP) is 4.78. The van der Waals surface area contributed by atoms with E-state index in [4.69, 9.17) is 8.92 Å². The molecule has 1 heterocycles. The van der Waals surface area contributed by atoms with Gasteiger partial charge in [0.25, 0.3) is 0 Å². The Labute approximate surface area is 194 Å². The molecule has 0 radical (unpaired) electrons. The van der Waals surface area contributed by atoms with E-state index in [9.17, 15) is 18.3 Å². The van der Waals surface area contributed by atoms with Gasteiger partial charge in [-0.15, -0.1) is 0 Å². The van der Waals surface area contributed by atoms with E-state index in [-0.39, 0.29) is 0 Å². The molecule has 0 bridgehead atoms. The maximum Gasteiger partial charge on any atom is 0.348 e. The normalized spacial score (nSPS) is 15.5. The second kappa shape index (κ2) is 9.47. The van der Waals surface area contributed by atoms with Gasteiger partial charge in [0.05, 0.1) is 6.26 Å². The summed E-state index contributed by atoms with van der Waals surface area (Å²) in [6.07, 6.45) is 8.85. The summed E-state index contributed by atoms with van der Waals surface area (Å²) in [4.78, 5) is 11.7. The Morgan fingerprint density at radius 3 is 2.39 bits per heavy atom. The molecule has 1 fully saturated rings. The minimum atomic E-state index is -3.54. The topological polar surface area (TPSA) is 94.8 Å². The highest BCUT2D eigenvalue weighted by molar-refractivity contribution is 7.86. The van der Waals surface area contributed by atoms with E-state index in [1.807, 2.05) is 42.6 Å². The average Bonchev–Trinajstić information content (AvgIpc) is 3.39. The second-order valence-electron chi connectivity index (χ2n) is 8.73. The van der Waals surface area contributed by atoms with Gasteiger partial charge in [-0.25, -0.2) is 4.79 Å². The summed E-state index contributed by atoms with van der Waals surface area (Å²) in [6.45, 7) is 0.859. The van der Waals surface area contributed by atoms with Gasteiger partial charge in [0, 0.05) is 23.6 Å². The first-order chi connectivity index (χ1) is 15.7. The number of nitrogens with zero attached hydrogens (tertiary/aromatic N) is 1. The van der Waals surface area contributed by atoms with Gasteiger partial charge in [-0.3, -0.25) is 0 Å². The Kier molecular flexibility index (Phi) is 6.65. The zero-order valence-electron chi connectivity index (χ0n) is 18.7. The summed E-state index contributed by atoms with van der Waals surface area (Å²) in [6, 6.07) is 15.0. The smallest absolute Gasteiger partial charge is 0.348 e. The highest BCUT2D eigenvalue weighted by Crippen LogP contribution is 2.35. The van der Waals surface area contributed by atoms with E-state index in [0.29, 0.717) is 24.3 Å². The standard InChI is InChI=1S/C25H29NO6S/c1-33(29,30)32-22-11-12-23-20(18-22)13-17-26(23)16-5-2-6-19-7-9-21(10-8-19)31-25(24(27)28)14-3-4-15-25/h7-13,17-18H,2-6,14-16H2,1H3,(H,27,28). The number of rotatable bonds is 10. The van der Waals surface area contributed by atoms with Gasteiger partial charge >= 0.3 is 16.1 Å². The third-order valence-electron chi connectivity index (χ3n) is 6.14. The van der Waals surface area contributed by atoms with E-state index in [0.717, 1.165) is 55.8 Å². The van der Waals surface area contributed by atoms with Crippen molar-refractivity contribution in [1.29, 1.82) is 0 Å². The van der Waals surface area contributed by atoms with Crippen molar-refractivity contribution in [2.24, 2.45) is 0 Å². The number of carbonyl (C=O) groups is 1. The van der Waals surface area contributed by atoms with Crippen LogP contribution in [-0.2, 0) is 27.9 Å². The predicted molar refractivity (Wildman–Crippen MR) is 126 cm³/mol. The molecular formula is C25H29NO6S. The maximum atomic E-state index is 11.7. The van der Waals surface area contributed by atoms with Crippen LogP contribution in [0.4, 0.5) is 0 Å². The molecule has 0 atom stereocenters. The Morgan fingerprint density at radius 2 is 1.73 bits per heavy atom. The fourth-order valence-electron chi connectivity index (χ4n) is 4.47. The lowest BCUT2D eigenvalue weighted by Crippen LogP contribution is -2.41. The third-order valence-corrected chi connectivity index (χ3v) is 6.64. The Balaban J connectivity index is 1.28. The summed E-state index contributed by atoms with van der Waals surface area (Å²) in [5.74, 6) is 0.0548. The number of hydrogen-bond donors (Lipinski definition) is 1. The number of carboxylic acid groups (broad SMARTS) is 1. The number of fused-ring (bicyclic) bond motifs is 1. The molecule has 1 aromatic heterocycles. The van der Waals surface area contributed by atoms with E-state index in [1.165, 1.54) is 5.56 Å². The van der Waals surface area contributed by atoms with E-state index in [2.05, 4.69) is 4.57 Å². The van der Waals surface area contributed by atoms with Crippen molar-refractivity contribution in [1.82, 2.24) is 4.57 Å². The number of benzene rings is 2. The lowest BCUT2D eigenvalue weighted by atomic mass is 10.0. The zero-order chi connectivity index (χ0) is 23.5. The molecule has 7 nitrogen and oxygen atoms in total. The summed E-state index contributed by atoms with van der Waals surface area (Å²) in [7, 11) is -3.54. The number of ether oxygens (including phenoxy) is 1. The molecule has 8 heteroatoms. The molecule has 33 heavy (non-hydrogen) atoms. The first-order valence-electron chi connectivity index (χ1n) is 11.2. The summed E-state index contributed by atoms with van der Waals surface area (Å²) < 4.78 is 35.6. The van der Waals surface area contributed by atoms with Crippen molar-refractivity contribution in [2.75, 3.05) is 6.26 Å². The monoisotopic (exact) mass is 471 g/mol. The fraction of sp³-hybridized carbons (Fsp3) is 0.400. The Morgan fingerprint density at radius 1 is 1.03 bits per heavy atom. The van der Waals surface area contributed by atoms with E-state index < -0.39 is 21.7 Å². The molecule has 0 amide bonds. The lowest BCUT2D eigenvalue weighted by molar-refractivity contribution is -0.154. The largest absolute Gasteiger partial charge is 0.478 e. The quantitative estimate of drug-likeness (QED) is 0.338. The van der Waals surface area contributed by atoms with Crippen LogP contribution in [0.2, 0.25) is 0 Å². The van der Waals surface area contributed by atoms with Crippen molar-refractivity contribution in [3.05, 3.63) is 60.3 Å². The number of unbranched alkanes of at least 4 members (excludes halogenated alkanes) is 1. The molecule has 176 valence electrons. The number of aliphatic carboxylic acids is 1. The molecule has 4 rings (SSSR count). The van der Waals surface area contributed by atoms with Crippen LogP contribution in [0.3, 0.4) is 0 Å². The molecule has 1 N–H and O–H groups in total. The van der Waals surface area contributed by atoms with Crippen LogP contribution >= 0.6 is 0 Å². The molecule has 3 aromatic rings. The lowest BCUT2D eigenvalue weighted by Gasteiger charge is -2.25. The Hall–Kier alpha value is -3.00. The van der Waals surface area contributed by atoms with E-state index in [1.54, 1.807) is 12.1 Å². The summed E-state index contributed by atoms with van der Waals surface area (Å²) >= 11 is 0. The zero-order valence-corrected chi connectivity index (χ0v) is 19.5. The van der Waals surface area contributed by atoms with Crippen molar-refractivity contribution >= 4 is 27.0 Å². The first-order valence-corrected chi connectivity index (χ1v) is 13.1. The van der Waals surface area contributed by atoms with Gasteiger partial charge in [0.2, 0.25) is 5.60 Å². The molecule has 0 aliphatic heterocycles. The first kappa shape index (κ1) is 23.2. The van der Waals surface area contributed by atoms with Crippen molar-refractivity contribution in [2.45, 2.75) is 57.1 Å². The van der Waals surface area contributed by atoms with Gasteiger partial charge in [-0.2, -0.15) is 8.42 Å². The molecule has 1 aliphatic carbocycles. The minimum absolute atomic E-state index is 0.317. The molecule has 2 aromatic carbocycles. The highest BCUT2D eigenvalue weighted by Gasteiger charge is 2.43. The van der Waals surface area contributed by atoms with Crippen LogP contribution in [0.5, 0.6) is 11.5 Å². The third kappa shape index (κ3) is 5.68. The molecular weight excluding hydrogens is 442 g/mol. The van der Waals surface area contributed by atoms with Crippen LogP contribution < -0.4 is 8.92 Å². The maximum absolute atomic E-state index is 11.7. The number of carboxylic acids is 1. The van der Waals surface area contributed by atoms with Crippen LogP contribution in [0.1, 0.15) is 44.1 Å². The summed E-state index contributed by atoms with van der Waals surface area (Å²) in [5, 5.41) is 10.5. The highest BCUT2D eigenvalue weighted by atomic mass is 32.2. The van der Waals surface area contributed by atoms with Crippen molar-refractivity contribution < 1.29 is 27.2 Å². The van der Waals surface area contributed by atoms with Crippen molar-refractivity contribution in [3.8, 4) is 11.5 Å². The van der Waals surface area contributed by atoms with E-state index >= 15 is 0 Å². The van der Waals surface area contributed by atoms with Crippen molar-refractivity contribution in [3.63, 3.8) is 0 Å². The van der Waals surface area contributed by atoms with Crippen LogP contribution in [0, 0.1) is 0 Å². The fourth-order valence-corrected chi connectivity index (χ4v) is 4.92. The molecule has 0 saturated heterocycles. The number of aromatic nitrogens is 1. The molecule has 1 saturated carbocycles. The molecule has 0 unspecified atom stereocenters. The van der Waals surface area contributed by atoms with Gasteiger partial charge in [-0.05, 0) is 86.9 Å². The van der Waals surface area contributed by atoms with Gasteiger partial charge in [0.15, 0.2) is 0 Å². The number of hydrogen-bond acceptors (Lipinski definition) is 5. The van der Waals surface area contributed by atoms with Gasteiger partial charge in [0.1, 0.15) is 11.5 Å². The average molecular weight is 472 g/mol.